The van der Waals surface area contributed by atoms with Crippen LogP contribution in [0.5, 0.6) is 0 Å². The van der Waals surface area contributed by atoms with Crippen LogP contribution in [0.15, 0.2) is 24.3 Å². The smallest absolute Gasteiger partial charge is 0.340 e. The van der Waals surface area contributed by atoms with Gasteiger partial charge in [0.15, 0.2) is 5.69 Å². The maximum absolute atomic E-state index is 12.9. The molecule has 0 bridgehead atoms. The van der Waals surface area contributed by atoms with Gasteiger partial charge in [-0.1, -0.05) is 35.9 Å². The van der Waals surface area contributed by atoms with Crippen LogP contribution < -0.4 is 0 Å². The molecular formula is C20H24ClF3N4O. The molecule has 0 unspecified atom stereocenters. The number of rotatable bonds is 5. The van der Waals surface area contributed by atoms with Crippen molar-refractivity contribution in [3.05, 3.63) is 51.8 Å². The van der Waals surface area contributed by atoms with Gasteiger partial charge < -0.3 is 4.90 Å². The van der Waals surface area contributed by atoms with Crippen molar-refractivity contribution in [2.75, 3.05) is 26.2 Å². The molecule has 1 fully saturated rings. The molecule has 0 atom stereocenters. The van der Waals surface area contributed by atoms with E-state index in [1.807, 2.05) is 12.1 Å². The normalized spacial score (nSPS) is 15.7. The van der Waals surface area contributed by atoms with Crippen molar-refractivity contribution in [2.45, 2.75) is 39.5 Å². The lowest BCUT2D eigenvalue weighted by Gasteiger charge is -2.35. The van der Waals surface area contributed by atoms with Crippen LogP contribution in [0.1, 0.15) is 28.9 Å². The zero-order valence-electron chi connectivity index (χ0n) is 16.5. The molecule has 5 nitrogen and oxygen atoms in total. The van der Waals surface area contributed by atoms with Crippen LogP contribution in [-0.2, 0) is 24.1 Å². The Labute approximate surface area is 173 Å². The summed E-state index contributed by atoms with van der Waals surface area (Å²) >= 11 is 5.75. The number of hydrogen-bond acceptors (Lipinski definition) is 3. The highest BCUT2D eigenvalue weighted by Gasteiger charge is 2.38. The third-order valence-corrected chi connectivity index (χ3v) is 5.77. The minimum absolute atomic E-state index is 0.0733. The Bertz CT molecular complexity index is 873. The highest BCUT2D eigenvalue weighted by atomic mass is 35.5. The molecule has 0 saturated carbocycles. The molecule has 158 valence electrons. The first-order valence-corrected chi connectivity index (χ1v) is 9.89. The Balaban J connectivity index is 1.51. The van der Waals surface area contributed by atoms with Gasteiger partial charge in [0.25, 0.3) is 0 Å². The standard InChI is InChI=1S/C20H24ClF3N4O/c1-14-5-3-4-6-16(14)13-26-9-11-27(12-10-26)17(29)7-8-28-15(2)18(21)19(25-28)20(22,23)24/h3-6H,7-13H2,1-2H3. The summed E-state index contributed by atoms with van der Waals surface area (Å²) in [5.41, 5.74) is 1.64. The first-order valence-electron chi connectivity index (χ1n) is 9.51. The Kier molecular flexibility index (Phi) is 6.53. The number of carbonyl (C=O) groups excluding carboxylic acids is 1. The zero-order valence-corrected chi connectivity index (χ0v) is 17.2. The van der Waals surface area contributed by atoms with Crippen molar-refractivity contribution < 1.29 is 18.0 Å². The first-order chi connectivity index (χ1) is 13.7. The van der Waals surface area contributed by atoms with Crippen molar-refractivity contribution in [1.29, 1.82) is 0 Å². The molecular weight excluding hydrogens is 405 g/mol. The summed E-state index contributed by atoms with van der Waals surface area (Å²) in [6.07, 6.45) is -4.52. The Hall–Kier alpha value is -2.06. The van der Waals surface area contributed by atoms with Crippen molar-refractivity contribution in [1.82, 2.24) is 19.6 Å². The molecule has 9 heteroatoms. The molecule has 0 spiro atoms. The van der Waals surface area contributed by atoms with Crippen LogP contribution in [0.25, 0.3) is 0 Å². The van der Waals surface area contributed by atoms with Gasteiger partial charge in [0.2, 0.25) is 5.91 Å². The lowest BCUT2D eigenvalue weighted by molar-refractivity contribution is -0.141. The van der Waals surface area contributed by atoms with E-state index in [0.29, 0.717) is 13.1 Å². The van der Waals surface area contributed by atoms with Crippen molar-refractivity contribution in [3.63, 3.8) is 0 Å². The molecule has 1 aliphatic heterocycles. The summed E-state index contributed by atoms with van der Waals surface area (Å²) in [7, 11) is 0. The van der Waals surface area contributed by atoms with Crippen LogP contribution >= 0.6 is 11.6 Å². The van der Waals surface area contributed by atoms with E-state index in [9.17, 15) is 18.0 Å². The summed E-state index contributed by atoms with van der Waals surface area (Å²) in [6.45, 7) is 7.23. The average Bonchev–Trinajstić information content (AvgIpc) is 2.97. The fourth-order valence-corrected chi connectivity index (χ4v) is 3.71. The molecule has 29 heavy (non-hydrogen) atoms. The van der Waals surface area contributed by atoms with E-state index >= 15 is 0 Å². The van der Waals surface area contributed by atoms with Gasteiger partial charge in [0.1, 0.15) is 0 Å². The number of nitrogens with zero attached hydrogens (tertiary/aromatic N) is 4. The minimum atomic E-state index is -4.61. The number of alkyl halides is 3. The van der Waals surface area contributed by atoms with E-state index in [1.54, 1.807) is 4.90 Å². The van der Waals surface area contributed by atoms with Crippen LogP contribution in [0.4, 0.5) is 13.2 Å². The molecule has 1 saturated heterocycles. The topological polar surface area (TPSA) is 41.4 Å². The van der Waals surface area contributed by atoms with E-state index in [-0.39, 0.29) is 24.6 Å². The highest BCUT2D eigenvalue weighted by Crippen LogP contribution is 2.35. The van der Waals surface area contributed by atoms with E-state index in [0.717, 1.165) is 24.3 Å². The van der Waals surface area contributed by atoms with Crippen molar-refractivity contribution in [2.24, 2.45) is 0 Å². The van der Waals surface area contributed by atoms with Crippen LogP contribution in [0.3, 0.4) is 0 Å². The molecule has 0 radical (unpaired) electrons. The summed E-state index contributed by atoms with van der Waals surface area (Å²) in [5, 5.41) is 3.14. The van der Waals surface area contributed by atoms with Gasteiger partial charge in [-0.2, -0.15) is 18.3 Å². The number of hydrogen-bond donors (Lipinski definition) is 0. The van der Waals surface area contributed by atoms with Gasteiger partial charge in [-0.05, 0) is 25.0 Å². The van der Waals surface area contributed by atoms with Gasteiger partial charge in [-0.15, -0.1) is 0 Å². The monoisotopic (exact) mass is 428 g/mol. The van der Waals surface area contributed by atoms with Crippen LogP contribution in [-0.4, -0.2) is 51.7 Å². The number of carbonyl (C=O) groups is 1. The molecule has 1 aromatic heterocycles. The Morgan fingerprint density at radius 3 is 2.38 bits per heavy atom. The third-order valence-electron chi connectivity index (χ3n) is 5.32. The summed E-state index contributed by atoms with van der Waals surface area (Å²) in [4.78, 5) is 16.6. The van der Waals surface area contributed by atoms with Gasteiger partial charge in [0, 0.05) is 39.1 Å². The quantitative estimate of drug-likeness (QED) is 0.725. The summed E-state index contributed by atoms with van der Waals surface area (Å²) in [6, 6.07) is 8.24. The maximum atomic E-state index is 12.9. The fraction of sp³-hybridized carbons (Fsp3) is 0.500. The molecule has 2 aromatic rings. The Morgan fingerprint density at radius 2 is 1.79 bits per heavy atom. The molecule has 0 aliphatic carbocycles. The largest absolute Gasteiger partial charge is 0.436 e. The fourth-order valence-electron chi connectivity index (χ4n) is 3.47. The third kappa shape index (κ3) is 5.11. The molecule has 1 amide bonds. The lowest BCUT2D eigenvalue weighted by atomic mass is 10.1. The average molecular weight is 429 g/mol. The molecule has 0 N–H and O–H groups in total. The number of aromatic nitrogens is 2. The zero-order chi connectivity index (χ0) is 21.2. The predicted octanol–water partition coefficient (Wildman–Crippen LogP) is 3.91. The SMILES string of the molecule is Cc1ccccc1CN1CCN(C(=O)CCn2nc(C(F)(F)F)c(Cl)c2C)CC1. The second-order valence-corrected chi connectivity index (χ2v) is 7.68. The Morgan fingerprint density at radius 1 is 1.14 bits per heavy atom. The molecule has 1 aliphatic rings. The van der Waals surface area contributed by atoms with Gasteiger partial charge in [-0.3, -0.25) is 14.4 Å². The second kappa shape index (κ2) is 8.75. The van der Waals surface area contributed by atoms with Gasteiger partial charge in [0.05, 0.1) is 17.3 Å². The number of piperazine rings is 1. The number of amides is 1. The summed E-state index contributed by atoms with van der Waals surface area (Å²) in [5.74, 6) is -0.0832. The second-order valence-electron chi connectivity index (χ2n) is 7.30. The summed E-state index contributed by atoms with van der Waals surface area (Å²) < 4.78 is 39.9. The maximum Gasteiger partial charge on any atom is 0.436 e. The highest BCUT2D eigenvalue weighted by molar-refractivity contribution is 6.31. The van der Waals surface area contributed by atoms with Crippen molar-refractivity contribution >= 4 is 17.5 Å². The van der Waals surface area contributed by atoms with Crippen LogP contribution in [0, 0.1) is 13.8 Å². The number of aryl methyl sites for hydroxylation is 2. The van der Waals surface area contributed by atoms with E-state index in [2.05, 4.69) is 29.1 Å². The molecule has 1 aromatic carbocycles. The molecule has 3 rings (SSSR count). The lowest BCUT2D eigenvalue weighted by Crippen LogP contribution is -2.48. The van der Waals surface area contributed by atoms with Crippen molar-refractivity contribution in [3.8, 4) is 0 Å². The predicted molar refractivity (Wildman–Crippen MR) is 105 cm³/mol. The van der Waals surface area contributed by atoms with Gasteiger partial charge in [-0.25, -0.2) is 0 Å². The van der Waals surface area contributed by atoms with E-state index in [1.165, 1.54) is 18.1 Å². The molecule has 2 heterocycles. The van der Waals surface area contributed by atoms with Crippen LogP contribution in [0.2, 0.25) is 5.02 Å². The first kappa shape index (κ1) is 21.6. The van der Waals surface area contributed by atoms with Gasteiger partial charge >= 0.3 is 6.18 Å². The van der Waals surface area contributed by atoms with E-state index < -0.39 is 16.9 Å². The number of halogens is 4. The van der Waals surface area contributed by atoms with E-state index in [4.69, 9.17) is 11.6 Å². The number of benzene rings is 1. The minimum Gasteiger partial charge on any atom is -0.340 e.